The molecule has 1 atom stereocenters. The minimum Gasteiger partial charge on any atom is -0.381 e. The second-order valence-electron chi connectivity index (χ2n) is 9.58. The van der Waals surface area contributed by atoms with Gasteiger partial charge in [-0.1, -0.05) is 30.3 Å². The van der Waals surface area contributed by atoms with Gasteiger partial charge in [-0.3, -0.25) is 14.5 Å². The Balaban J connectivity index is 1.37. The zero-order valence-electron chi connectivity index (χ0n) is 18.5. The van der Waals surface area contributed by atoms with Gasteiger partial charge < -0.3 is 19.4 Å². The van der Waals surface area contributed by atoms with Crippen molar-refractivity contribution in [1.82, 2.24) is 19.6 Å². The molecule has 1 aromatic rings. The molecule has 4 heterocycles. The number of ether oxygens (including phenoxy) is 1. The van der Waals surface area contributed by atoms with Gasteiger partial charge in [-0.2, -0.15) is 0 Å². The smallest absolute Gasteiger partial charge is 0.243 e. The topological polar surface area (TPSA) is 56.3 Å². The molecule has 5 rings (SSSR count). The largest absolute Gasteiger partial charge is 0.381 e. The molecule has 31 heavy (non-hydrogen) atoms. The molecule has 0 radical (unpaired) electrons. The number of piperidine rings is 1. The molecule has 168 valence electrons. The normalized spacial score (nSPS) is 27.6. The number of benzene rings is 1. The Labute approximate surface area is 184 Å². The van der Waals surface area contributed by atoms with Crippen molar-refractivity contribution in [2.75, 3.05) is 53.0 Å². The van der Waals surface area contributed by atoms with E-state index in [2.05, 4.69) is 38.8 Å². The van der Waals surface area contributed by atoms with E-state index in [1.165, 1.54) is 5.56 Å². The standard InChI is InChI=1S/C24H34N4O3/c1-25-13-14-27-21(18-25)23(30)28(17-19-5-3-2-4-6-19)24(27)9-11-26(12-10-24)22(29)20-7-15-31-16-8-20/h2-6,20-21H,7-18H2,1H3/t21-/m1/s1. The highest BCUT2D eigenvalue weighted by molar-refractivity contribution is 5.86. The second kappa shape index (κ2) is 8.52. The molecule has 4 aliphatic rings. The van der Waals surface area contributed by atoms with Gasteiger partial charge in [0, 0.05) is 71.2 Å². The van der Waals surface area contributed by atoms with Crippen molar-refractivity contribution in [3.05, 3.63) is 35.9 Å². The third kappa shape index (κ3) is 3.77. The average Bonchev–Trinajstić information content (AvgIpc) is 3.02. The van der Waals surface area contributed by atoms with Crippen molar-refractivity contribution >= 4 is 11.8 Å². The summed E-state index contributed by atoms with van der Waals surface area (Å²) >= 11 is 0. The number of hydrogen-bond donors (Lipinski definition) is 0. The van der Waals surface area contributed by atoms with Gasteiger partial charge in [-0.15, -0.1) is 0 Å². The molecule has 0 N–H and O–H groups in total. The van der Waals surface area contributed by atoms with Crippen LogP contribution in [0.5, 0.6) is 0 Å². The number of rotatable bonds is 3. The molecule has 1 aromatic carbocycles. The molecule has 4 saturated heterocycles. The summed E-state index contributed by atoms with van der Waals surface area (Å²) in [4.78, 5) is 35.6. The molecule has 0 aromatic heterocycles. The number of likely N-dealkylation sites (N-methyl/N-ethyl adjacent to an activating group) is 1. The number of fused-ring (bicyclic) bond motifs is 2. The lowest BCUT2D eigenvalue weighted by Crippen LogP contribution is -2.63. The van der Waals surface area contributed by atoms with Crippen molar-refractivity contribution in [2.24, 2.45) is 5.92 Å². The Morgan fingerprint density at radius 3 is 2.48 bits per heavy atom. The predicted octanol–water partition coefficient (Wildman–Crippen LogP) is 1.39. The molecule has 2 amide bonds. The molecular formula is C24H34N4O3. The van der Waals surface area contributed by atoms with Gasteiger partial charge in [0.2, 0.25) is 11.8 Å². The maximum Gasteiger partial charge on any atom is 0.243 e. The quantitative estimate of drug-likeness (QED) is 0.731. The fraction of sp³-hybridized carbons (Fsp3) is 0.667. The van der Waals surface area contributed by atoms with Gasteiger partial charge in [0.1, 0.15) is 11.7 Å². The maximum absolute atomic E-state index is 13.6. The number of likely N-dealkylation sites (tertiary alicyclic amines) is 1. The van der Waals surface area contributed by atoms with E-state index in [1.54, 1.807) is 0 Å². The highest BCUT2D eigenvalue weighted by Crippen LogP contribution is 2.42. The number of carbonyl (C=O) groups is 2. The van der Waals surface area contributed by atoms with Gasteiger partial charge >= 0.3 is 0 Å². The van der Waals surface area contributed by atoms with Crippen LogP contribution in [0.2, 0.25) is 0 Å². The maximum atomic E-state index is 13.6. The zero-order valence-corrected chi connectivity index (χ0v) is 18.5. The van der Waals surface area contributed by atoms with Crippen LogP contribution in [0.1, 0.15) is 31.2 Å². The fourth-order valence-corrected chi connectivity index (χ4v) is 6.01. The van der Waals surface area contributed by atoms with E-state index in [-0.39, 0.29) is 29.4 Å². The van der Waals surface area contributed by atoms with Gasteiger partial charge in [0.25, 0.3) is 0 Å². The summed E-state index contributed by atoms with van der Waals surface area (Å²) in [5.74, 6) is 0.636. The molecule has 0 unspecified atom stereocenters. The van der Waals surface area contributed by atoms with Crippen LogP contribution in [-0.2, 0) is 20.9 Å². The highest BCUT2D eigenvalue weighted by atomic mass is 16.5. The third-order valence-electron chi connectivity index (χ3n) is 7.80. The minimum absolute atomic E-state index is 0.0693. The van der Waals surface area contributed by atoms with Gasteiger partial charge in [0.15, 0.2) is 0 Å². The first-order chi connectivity index (χ1) is 15.1. The molecule has 7 heteroatoms. The Bertz CT molecular complexity index is 802. The van der Waals surface area contributed by atoms with Crippen molar-refractivity contribution < 1.29 is 14.3 Å². The van der Waals surface area contributed by atoms with Crippen LogP contribution >= 0.6 is 0 Å². The van der Waals surface area contributed by atoms with E-state index < -0.39 is 0 Å². The summed E-state index contributed by atoms with van der Waals surface area (Å²) in [6.45, 7) is 6.16. The van der Waals surface area contributed by atoms with Crippen LogP contribution in [0.4, 0.5) is 0 Å². The molecule has 1 spiro atoms. The molecule has 7 nitrogen and oxygen atoms in total. The lowest BCUT2D eigenvalue weighted by atomic mass is 9.91. The summed E-state index contributed by atoms with van der Waals surface area (Å²) in [6.07, 6.45) is 3.33. The Kier molecular flexibility index (Phi) is 5.75. The molecule has 4 aliphatic heterocycles. The van der Waals surface area contributed by atoms with Crippen LogP contribution in [0.3, 0.4) is 0 Å². The highest BCUT2D eigenvalue weighted by Gasteiger charge is 2.58. The number of piperazine rings is 1. The van der Waals surface area contributed by atoms with E-state index in [0.29, 0.717) is 19.8 Å². The van der Waals surface area contributed by atoms with E-state index in [4.69, 9.17) is 4.74 Å². The van der Waals surface area contributed by atoms with E-state index in [1.807, 2.05) is 18.2 Å². The fourth-order valence-electron chi connectivity index (χ4n) is 6.01. The first-order valence-electron chi connectivity index (χ1n) is 11.8. The van der Waals surface area contributed by atoms with E-state index in [0.717, 1.165) is 58.4 Å². The van der Waals surface area contributed by atoms with Crippen molar-refractivity contribution in [2.45, 2.75) is 43.9 Å². The summed E-state index contributed by atoms with van der Waals surface area (Å²) in [6, 6.07) is 10.2. The first kappa shape index (κ1) is 20.9. The Hall–Kier alpha value is -1.96. The SMILES string of the molecule is CN1CCN2[C@H](C1)C(=O)N(Cc1ccccc1)C21CCN(C(=O)C2CCOCC2)CC1. The average molecular weight is 427 g/mol. The molecule has 0 saturated carbocycles. The van der Waals surface area contributed by atoms with E-state index >= 15 is 0 Å². The summed E-state index contributed by atoms with van der Waals surface area (Å²) in [5.41, 5.74) is 0.898. The van der Waals surface area contributed by atoms with Crippen molar-refractivity contribution in [1.29, 1.82) is 0 Å². The van der Waals surface area contributed by atoms with Crippen LogP contribution in [0.15, 0.2) is 30.3 Å². The monoisotopic (exact) mass is 426 g/mol. The summed E-state index contributed by atoms with van der Waals surface area (Å²) < 4.78 is 5.44. The second-order valence-corrected chi connectivity index (χ2v) is 9.58. The van der Waals surface area contributed by atoms with Gasteiger partial charge in [-0.05, 0) is 25.5 Å². The van der Waals surface area contributed by atoms with Gasteiger partial charge in [-0.25, -0.2) is 0 Å². The number of hydrogen-bond acceptors (Lipinski definition) is 5. The number of nitrogens with zero attached hydrogens (tertiary/aromatic N) is 4. The first-order valence-corrected chi connectivity index (χ1v) is 11.8. The van der Waals surface area contributed by atoms with Crippen LogP contribution < -0.4 is 0 Å². The lowest BCUT2D eigenvalue weighted by Gasteiger charge is -2.51. The van der Waals surface area contributed by atoms with Gasteiger partial charge in [0.05, 0.1) is 0 Å². The molecule has 0 aliphatic carbocycles. The predicted molar refractivity (Wildman–Crippen MR) is 117 cm³/mol. The number of carbonyl (C=O) groups excluding carboxylic acids is 2. The Morgan fingerprint density at radius 1 is 1.06 bits per heavy atom. The lowest BCUT2D eigenvalue weighted by molar-refractivity contribution is -0.145. The van der Waals surface area contributed by atoms with Crippen molar-refractivity contribution in [3.63, 3.8) is 0 Å². The van der Waals surface area contributed by atoms with Crippen LogP contribution in [0, 0.1) is 5.92 Å². The van der Waals surface area contributed by atoms with Crippen LogP contribution in [0.25, 0.3) is 0 Å². The molecule has 4 fully saturated rings. The van der Waals surface area contributed by atoms with Crippen molar-refractivity contribution in [3.8, 4) is 0 Å². The van der Waals surface area contributed by atoms with Crippen LogP contribution in [-0.4, -0.2) is 96.1 Å². The van der Waals surface area contributed by atoms with E-state index in [9.17, 15) is 9.59 Å². The number of amides is 2. The summed E-state index contributed by atoms with van der Waals surface area (Å²) in [5, 5.41) is 0. The zero-order chi connectivity index (χ0) is 21.4. The Morgan fingerprint density at radius 2 is 1.77 bits per heavy atom. The minimum atomic E-state index is -0.273. The summed E-state index contributed by atoms with van der Waals surface area (Å²) in [7, 11) is 2.10. The molecular weight excluding hydrogens is 392 g/mol. The molecule has 0 bridgehead atoms. The third-order valence-corrected chi connectivity index (χ3v) is 7.80.